The van der Waals surface area contributed by atoms with Gasteiger partial charge in [-0.3, -0.25) is 4.79 Å². The summed E-state index contributed by atoms with van der Waals surface area (Å²) in [4.78, 5) is 12.0. The van der Waals surface area contributed by atoms with Gasteiger partial charge in [-0.1, -0.05) is 5.21 Å². The van der Waals surface area contributed by atoms with Crippen molar-refractivity contribution in [1.82, 2.24) is 20.3 Å². The summed E-state index contributed by atoms with van der Waals surface area (Å²) in [7, 11) is 0. The molecule has 2 aromatic rings. The molecule has 0 radical (unpaired) electrons. The van der Waals surface area contributed by atoms with Crippen LogP contribution in [0.15, 0.2) is 36.7 Å². The third-order valence-electron chi connectivity index (χ3n) is 4.08. The van der Waals surface area contributed by atoms with Gasteiger partial charge in [0.2, 0.25) is 5.91 Å². The first-order chi connectivity index (χ1) is 10.8. The Morgan fingerprint density at radius 1 is 1.26 bits per heavy atom. The zero-order chi connectivity index (χ0) is 15.2. The number of nitrogens with one attached hydrogen (secondary N) is 2. The van der Waals surface area contributed by atoms with Crippen molar-refractivity contribution >= 4 is 24.0 Å². The largest absolute Gasteiger partial charge is 0.326 e. The second-order valence-corrected chi connectivity index (χ2v) is 5.67. The Hall–Kier alpha value is -1.92. The number of anilines is 1. The van der Waals surface area contributed by atoms with E-state index in [1.807, 2.05) is 24.3 Å². The molecule has 1 amide bonds. The summed E-state index contributed by atoms with van der Waals surface area (Å²) < 4.78 is 1.68. The molecule has 1 aromatic heterocycles. The van der Waals surface area contributed by atoms with Gasteiger partial charge in [-0.15, -0.1) is 17.5 Å². The van der Waals surface area contributed by atoms with Gasteiger partial charge >= 0.3 is 0 Å². The first-order valence-corrected chi connectivity index (χ1v) is 7.78. The lowest BCUT2D eigenvalue weighted by atomic mass is 9.93. The Labute approximate surface area is 142 Å². The van der Waals surface area contributed by atoms with Gasteiger partial charge < -0.3 is 10.6 Å². The number of nitrogens with zero attached hydrogens (tertiary/aromatic N) is 3. The number of hydrogen-bond donors (Lipinski definition) is 2. The Balaban J connectivity index is 0.00000192. The lowest BCUT2D eigenvalue weighted by molar-refractivity contribution is -0.116. The van der Waals surface area contributed by atoms with Gasteiger partial charge in [-0.05, 0) is 62.5 Å². The van der Waals surface area contributed by atoms with Crippen LogP contribution in [0.2, 0.25) is 0 Å². The number of hydrogen-bond acceptors (Lipinski definition) is 4. The zero-order valence-corrected chi connectivity index (χ0v) is 13.8. The van der Waals surface area contributed by atoms with Crippen LogP contribution in [0.4, 0.5) is 5.69 Å². The van der Waals surface area contributed by atoms with Crippen molar-refractivity contribution in [3.63, 3.8) is 0 Å². The Morgan fingerprint density at radius 3 is 2.65 bits per heavy atom. The summed E-state index contributed by atoms with van der Waals surface area (Å²) in [6.45, 7) is 2.16. The summed E-state index contributed by atoms with van der Waals surface area (Å²) >= 11 is 0. The molecule has 1 fully saturated rings. The molecule has 0 aliphatic carbocycles. The number of amides is 1. The Morgan fingerprint density at radius 2 is 2.00 bits per heavy atom. The van der Waals surface area contributed by atoms with E-state index in [9.17, 15) is 4.79 Å². The van der Waals surface area contributed by atoms with Crippen LogP contribution in [0.1, 0.15) is 25.7 Å². The summed E-state index contributed by atoms with van der Waals surface area (Å²) in [6, 6.07) is 7.60. The van der Waals surface area contributed by atoms with Crippen LogP contribution in [-0.2, 0) is 4.79 Å². The maximum Gasteiger partial charge on any atom is 0.224 e. The fourth-order valence-corrected chi connectivity index (χ4v) is 2.77. The van der Waals surface area contributed by atoms with E-state index in [2.05, 4.69) is 20.9 Å². The predicted octanol–water partition coefficient (Wildman–Crippen LogP) is 2.41. The molecule has 0 bridgehead atoms. The number of carbonyl (C=O) groups is 1. The van der Waals surface area contributed by atoms with Crippen LogP contribution in [0.3, 0.4) is 0 Å². The van der Waals surface area contributed by atoms with Crippen LogP contribution >= 0.6 is 12.4 Å². The van der Waals surface area contributed by atoms with E-state index in [1.165, 1.54) is 12.8 Å². The third kappa shape index (κ3) is 5.04. The highest BCUT2D eigenvalue weighted by Gasteiger charge is 2.14. The smallest absolute Gasteiger partial charge is 0.224 e. The van der Waals surface area contributed by atoms with Crippen molar-refractivity contribution < 1.29 is 4.79 Å². The lowest BCUT2D eigenvalue weighted by Crippen LogP contribution is -2.28. The van der Waals surface area contributed by atoms with Gasteiger partial charge in [0.15, 0.2) is 0 Å². The topological polar surface area (TPSA) is 71.8 Å². The van der Waals surface area contributed by atoms with E-state index in [-0.39, 0.29) is 18.3 Å². The molecule has 1 aliphatic heterocycles. The van der Waals surface area contributed by atoms with Crippen LogP contribution in [0.5, 0.6) is 0 Å². The highest BCUT2D eigenvalue weighted by molar-refractivity contribution is 5.90. The molecule has 124 valence electrons. The molecule has 7 heteroatoms. The minimum absolute atomic E-state index is 0. The molecule has 3 rings (SSSR count). The van der Waals surface area contributed by atoms with Crippen LogP contribution in [-0.4, -0.2) is 34.0 Å². The quantitative estimate of drug-likeness (QED) is 0.880. The molecule has 0 unspecified atom stereocenters. The number of carbonyl (C=O) groups excluding carboxylic acids is 1. The number of piperidine rings is 1. The highest BCUT2D eigenvalue weighted by Crippen LogP contribution is 2.18. The monoisotopic (exact) mass is 335 g/mol. The van der Waals surface area contributed by atoms with Crippen molar-refractivity contribution in [1.29, 1.82) is 0 Å². The van der Waals surface area contributed by atoms with Gasteiger partial charge in [0.1, 0.15) is 0 Å². The third-order valence-corrected chi connectivity index (χ3v) is 4.08. The number of benzene rings is 1. The van der Waals surface area contributed by atoms with E-state index < -0.39 is 0 Å². The molecule has 2 heterocycles. The molecule has 23 heavy (non-hydrogen) atoms. The molecule has 1 saturated heterocycles. The molecule has 0 saturated carbocycles. The van der Waals surface area contributed by atoms with Gasteiger partial charge in [0, 0.05) is 12.1 Å². The molecule has 6 nitrogen and oxygen atoms in total. The number of rotatable bonds is 5. The molecule has 2 N–H and O–H groups in total. The van der Waals surface area contributed by atoms with Crippen molar-refractivity contribution in [3.8, 4) is 5.69 Å². The minimum Gasteiger partial charge on any atom is -0.326 e. The number of halogens is 1. The Bertz CT molecular complexity index is 593. The fourth-order valence-electron chi connectivity index (χ4n) is 2.77. The number of aromatic nitrogens is 3. The van der Waals surface area contributed by atoms with Crippen molar-refractivity contribution in [2.75, 3.05) is 18.4 Å². The molecule has 1 aromatic carbocycles. The lowest BCUT2D eigenvalue weighted by Gasteiger charge is -2.22. The van der Waals surface area contributed by atoms with Crippen molar-refractivity contribution in [3.05, 3.63) is 36.7 Å². The van der Waals surface area contributed by atoms with E-state index in [4.69, 9.17) is 0 Å². The second kappa shape index (κ2) is 8.64. The van der Waals surface area contributed by atoms with Gasteiger partial charge in [-0.2, -0.15) is 0 Å². The first-order valence-electron chi connectivity index (χ1n) is 7.78. The SMILES string of the molecule is Cl.O=C(CCC1CCNCC1)Nc1ccc(-n2ccnn2)cc1. The summed E-state index contributed by atoms with van der Waals surface area (Å²) in [6.07, 6.45) is 7.35. The van der Waals surface area contributed by atoms with Crippen molar-refractivity contribution in [2.24, 2.45) is 5.92 Å². The van der Waals surface area contributed by atoms with Gasteiger partial charge in [0.25, 0.3) is 0 Å². The van der Waals surface area contributed by atoms with E-state index >= 15 is 0 Å². The molecule has 0 atom stereocenters. The van der Waals surface area contributed by atoms with Crippen LogP contribution in [0.25, 0.3) is 5.69 Å². The average molecular weight is 336 g/mol. The summed E-state index contributed by atoms with van der Waals surface area (Å²) in [5.41, 5.74) is 1.74. The maximum absolute atomic E-state index is 12.0. The molecular weight excluding hydrogens is 314 g/mol. The molecular formula is C16H22ClN5O. The van der Waals surface area contributed by atoms with Gasteiger partial charge in [-0.25, -0.2) is 4.68 Å². The predicted molar refractivity (Wildman–Crippen MR) is 92.1 cm³/mol. The maximum atomic E-state index is 12.0. The van der Waals surface area contributed by atoms with Crippen molar-refractivity contribution in [2.45, 2.75) is 25.7 Å². The zero-order valence-electron chi connectivity index (χ0n) is 12.9. The van der Waals surface area contributed by atoms with Crippen LogP contribution < -0.4 is 10.6 Å². The summed E-state index contributed by atoms with van der Waals surface area (Å²) in [5.74, 6) is 0.772. The average Bonchev–Trinajstić information content (AvgIpc) is 3.09. The minimum atomic E-state index is 0. The normalized spacial score (nSPS) is 15.0. The summed E-state index contributed by atoms with van der Waals surface area (Å²) in [5, 5.41) is 14.0. The van der Waals surface area contributed by atoms with E-state index in [1.54, 1.807) is 17.1 Å². The molecule has 1 aliphatic rings. The van der Waals surface area contributed by atoms with Gasteiger partial charge in [0.05, 0.1) is 18.1 Å². The fraction of sp³-hybridized carbons (Fsp3) is 0.438. The Kier molecular flexibility index (Phi) is 6.55. The van der Waals surface area contributed by atoms with E-state index in [0.29, 0.717) is 12.3 Å². The van der Waals surface area contributed by atoms with E-state index in [0.717, 1.165) is 30.9 Å². The van der Waals surface area contributed by atoms with Crippen LogP contribution in [0, 0.1) is 5.92 Å². The first kappa shape index (κ1) is 17.4. The highest BCUT2D eigenvalue weighted by atomic mass is 35.5. The second-order valence-electron chi connectivity index (χ2n) is 5.67. The standard InChI is InChI=1S/C16H21N5O.ClH/c22-16(6-1-13-7-9-17-10-8-13)19-14-2-4-15(5-3-14)21-12-11-18-20-21;/h2-5,11-13,17H,1,6-10H2,(H,19,22);1H. The molecule has 0 spiro atoms.